The number of epoxide rings is 1. The quantitative estimate of drug-likeness (QED) is 0.513. The van der Waals surface area contributed by atoms with Crippen LogP contribution in [0.2, 0.25) is 0 Å². The molecule has 0 radical (unpaired) electrons. The van der Waals surface area contributed by atoms with Gasteiger partial charge in [-0.2, -0.15) is 0 Å². The minimum atomic E-state index is -0.319. The van der Waals surface area contributed by atoms with Crippen LogP contribution in [-0.2, 0) is 23.9 Å². The monoisotopic (exact) mass is 384 g/mol. The van der Waals surface area contributed by atoms with Crippen LogP contribution in [0.3, 0.4) is 0 Å². The Balaban J connectivity index is 1.45. The molecule has 4 aliphatic carbocycles. The Bertz CT molecular complexity index is 844. The van der Waals surface area contributed by atoms with Gasteiger partial charge in [0.1, 0.15) is 17.0 Å². The summed E-state index contributed by atoms with van der Waals surface area (Å²) in [6, 6.07) is 0. The number of carbonyl (C=O) groups is 3. The number of hydrogen-bond donors (Lipinski definition) is 0. The molecule has 28 heavy (non-hydrogen) atoms. The number of fused-ring (bicyclic) bond motifs is 4. The van der Waals surface area contributed by atoms with Crippen LogP contribution < -0.4 is 0 Å². The van der Waals surface area contributed by atoms with Gasteiger partial charge in [0.05, 0.1) is 6.10 Å². The number of hydrogen-bond acceptors (Lipinski definition) is 5. The second-order valence-corrected chi connectivity index (χ2v) is 10.4. The van der Waals surface area contributed by atoms with Gasteiger partial charge in [0.2, 0.25) is 0 Å². The third-order valence-corrected chi connectivity index (χ3v) is 9.52. The molecule has 8 atom stereocenters. The summed E-state index contributed by atoms with van der Waals surface area (Å²) in [6.07, 6.45) is 8.24. The molecule has 6 aliphatic rings. The van der Waals surface area contributed by atoms with Crippen molar-refractivity contribution in [1.82, 2.24) is 0 Å². The summed E-state index contributed by atoms with van der Waals surface area (Å²) < 4.78 is 12.5. The van der Waals surface area contributed by atoms with Crippen molar-refractivity contribution in [3.8, 4) is 0 Å². The van der Waals surface area contributed by atoms with Crippen LogP contribution in [0, 0.1) is 29.1 Å². The lowest BCUT2D eigenvalue weighted by Gasteiger charge is -2.56. The van der Waals surface area contributed by atoms with Gasteiger partial charge in [-0.1, -0.05) is 12.5 Å². The van der Waals surface area contributed by atoms with E-state index in [-0.39, 0.29) is 52.1 Å². The summed E-state index contributed by atoms with van der Waals surface area (Å²) in [5.41, 5.74) is 0.376. The largest absolute Gasteiger partial charge is 0.459 e. The summed E-state index contributed by atoms with van der Waals surface area (Å²) in [4.78, 5) is 36.9. The topological polar surface area (TPSA) is 73.0 Å². The smallest absolute Gasteiger partial charge is 0.306 e. The van der Waals surface area contributed by atoms with E-state index in [1.807, 2.05) is 6.08 Å². The average Bonchev–Trinajstić information content (AvgIpc) is 3.13. The molecule has 2 spiro atoms. The van der Waals surface area contributed by atoms with Gasteiger partial charge in [-0.3, -0.25) is 14.4 Å². The highest BCUT2D eigenvalue weighted by Crippen LogP contribution is 2.75. The molecular formula is C23H28O5. The van der Waals surface area contributed by atoms with E-state index in [1.54, 1.807) is 6.92 Å². The second kappa shape index (κ2) is 5.16. The van der Waals surface area contributed by atoms with Crippen LogP contribution in [0.1, 0.15) is 65.2 Å². The molecule has 0 bridgehead atoms. The SMILES string of the molecule is CC(=O)[C@@H]1CC2=CC(=O)CC[C@]2(C)C23OC2CC2[C@@H](CC[C@@]24CCC(=O)O4)[C@H]13. The van der Waals surface area contributed by atoms with Gasteiger partial charge >= 0.3 is 5.97 Å². The third kappa shape index (κ3) is 1.85. The van der Waals surface area contributed by atoms with E-state index in [0.717, 1.165) is 37.7 Å². The molecule has 5 fully saturated rings. The van der Waals surface area contributed by atoms with E-state index in [0.29, 0.717) is 31.1 Å². The van der Waals surface area contributed by atoms with Crippen molar-refractivity contribution in [2.75, 3.05) is 0 Å². The summed E-state index contributed by atoms with van der Waals surface area (Å²) in [5, 5.41) is 0. The molecule has 150 valence electrons. The van der Waals surface area contributed by atoms with Gasteiger partial charge in [0.15, 0.2) is 5.78 Å². The zero-order chi connectivity index (χ0) is 19.5. The Morgan fingerprint density at radius 3 is 2.71 bits per heavy atom. The molecule has 2 saturated heterocycles. The van der Waals surface area contributed by atoms with Gasteiger partial charge in [-0.15, -0.1) is 0 Å². The summed E-state index contributed by atoms with van der Waals surface area (Å²) >= 11 is 0. The molecule has 5 heteroatoms. The van der Waals surface area contributed by atoms with Crippen LogP contribution in [0.15, 0.2) is 11.6 Å². The van der Waals surface area contributed by atoms with Crippen LogP contribution in [-0.4, -0.2) is 34.8 Å². The number of esters is 1. The molecule has 3 saturated carbocycles. The van der Waals surface area contributed by atoms with E-state index >= 15 is 0 Å². The number of ketones is 2. The van der Waals surface area contributed by atoms with E-state index in [2.05, 4.69) is 6.92 Å². The molecule has 0 N–H and O–H groups in total. The molecule has 5 nitrogen and oxygen atoms in total. The van der Waals surface area contributed by atoms with E-state index < -0.39 is 0 Å². The number of ether oxygens (including phenoxy) is 2. The molecule has 6 rings (SSSR count). The number of Topliss-reactive ketones (excluding diaryl/α,β-unsaturated/α-hetero) is 1. The highest BCUT2D eigenvalue weighted by atomic mass is 16.6. The maximum Gasteiger partial charge on any atom is 0.306 e. The first-order chi connectivity index (χ1) is 13.3. The lowest BCUT2D eigenvalue weighted by molar-refractivity contribution is -0.154. The van der Waals surface area contributed by atoms with Crippen molar-refractivity contribution in [3.63, 3.8) is 0 Å². The van der Waals surface area contributed by atoms with Crippen molar-refractivity contribution < 1.29 is 23.9 Å². The second-order valence-electron chi connectivity index (χ2n) is 10.4. The van der Waals surface area contributed by atoms with Crippen LogP contribution >= 0.6 is 0 Å². The van der Waals surface area contributed by atoms with Crippen molar-refractivity contribution in [2.45, 2.75) is 82.5 Å². The van der Waals surface area contributed by atoms with Crippen LogP contribution in [0.4, 0.5) is 0 Å². The maximum atomic E-state index is 12.8. The van der Waals surface area contributed by atoms with Gasteiger partial charge in [0.25, 0.3) is 0 Å². The maximum absolute atomic E-state index is 12.8. The van der Waals surface area contributed by atoms with Crippen molar-refractivity contribution in [1.29, 1.82) is 0 Å². The first-order valence-corrected chi connectivity index (χ1v) is 10.9. The zero-order valence-corrected chi connectivity index (χ0v) is 16.7. The van der Waals surface area contributed by atoms with E-state index in [1.165, 1.54) is 0 Å². The van der Waals surface area contributed by atoms with E-state index in [4.69, 9.17) is 9.47 Å². The first kappa shape index (κ1) is 17.4. The Morgan fingerprint density at radius 1 is 1.18 bits per heavy atom. The van der Waals surface area contributed by atoms with Crippen LogP contribution in [0.25, 0.3) is 0 Å². The van der Waals surface area contributed by atoms with Gasteiger partial charge in [-0.05, 0) is 57.4 Å². The predicted octanol–water partition coefficient (Wildman–Crippen LogP) is 3.15. The van der Waals surface area contributed by atoms with Crippen molar-refractivity contribution >= 4 is 17.5 Å². The standard InChI is InChI=1S/C23H28O5/c1-12(24)16-10-13-9-14(25)3-6-21(13,2)23-18(27-23)11-17-15(20(16)23)4-7-22(17)8-5-19(26)28-22/h9,15-18,20H,3-8,10-11H2,1-2H3/t15-,16+,17?,18?,20-,21+,22-,23?/m1/s1. The number of carbonyl (C=O) groups excluding carboxylic acids is 3. The Hall–Kier alpha value is -1.49. The zero-order valence-electron chi connectivity index (χ0n) is 16.7. The Morgan fingerprint density at radius 2 is 2.00 bits per heavy atom. The lowest BCUT2D eigenvalue weighted by Crippen LogP contribution is -2.60. The molecule has 0 amide bonds. The molecular weight excluding hydrogens is 356 g/mol. The third-order valence-electron chi connectivity index (χ3n) is 9.52. The Labute approximate surface area is 165 Å². The Kier molecular flexibility index (Phi) is 3.20. The first-order valence-electron chi connectivity index (χ1n) is 10.9. The highest BCUT2D eigenvalue weighted by molar-refractivity contribution is 5.92. The van der Waals surface area contributed by atoms with Gasteiger partial charge in [-0.25, -0.2) is 0 Å². The minimum absolute atomic E-state index is 0.0658. The molecule has 0 aromatic heterocycles. The number of rotatable bonds is 1. The minimum Gasteiger partial charge on any atom is -0.459 e. The molecule has 2 aliphatic heterocycles. The average molecular weight is 384 g/mol. The van der Waals surface area contributed by atoms with Crippen molar-refractivity contribution in [2.24, 2.45) is 29.1 Å². The van der Waals surface area contributed by atoms with E-state index in [9.17, 15) is 14.4 Å². The highest BCUT2D eigenvalue weighted by Gasteiger charge is 2.80. The fourth-order valence-corrected chi connectivity index (χ4v) is 8.25. The summed E-state index contributed by atoms with van der Waals surface area (Å²) in [6.45, 7) is 3.98. The summed E-state index contributed by atoms with van der Waals surface area (Å²) in [5.74, 6) is 1.11. The summed E-state index contributed by atoms with van der Waals surface area (Å²) in [7, 11) is 0. The normalized spacial score (nSPS) is 53.6. The van der Waals surface area contributed by atoms with Crippen LogP contribution in [0.5, 0.6) is 0 Å². The fourth-order valence-electron chi connectivity index (χ4n) is 8.25. The molecule has 0 aromatic carbocycles. The van der Waals surface area contributed by atoms with Gasteiger partial charge in [0, 0.05) is 36.0 Å². The molecule has 3 unspecified atom stereocenters. The molecule has 2 heterocycles. The predicted molar refractivity (Wildman–Crippen MR) is 99.2 cm³/mol. The van der Waals surface area contributed by atoms with Gasteiger partial charge < -0.3 is 9.47 Å². The lowest BCUT2D eigenvalue weighted by atomic mass is 9.46. The fraction of sp³-hybridized carbons (Fsp3) is 0.783. The van der Waals surface area contributed by atoms with Crippen molar-refractivity contribution in [3.05, 3.63) is 11.6 Å². The molecule has 0 aromatic rings.